The van der Waals surface area contributed by atoms with E-state index in [2.05, 4.69) is 4.90 Å². The highest BCUT2D eigenvalue weighted by Crippen LogP contribution is 2.29. The molecule has 0 aromatic heterocycles. The van der Waals surface area contributed by atoms with Crippen LogP contribution < -0.4 is 0 Å². The Bertz CT molecular complexity index is 447. The second-order valence-corrected chi connectivity index (χ2v) is 4.86. The lowest BCUT2D eigenvalue weighted by molar-refractivity contribution is -0.137. The summed E-state index contributed by atoms with van der Waals surface area (Å²) in [5, 5.41) is 0. The number of carbonyl (C=O) groups is 1. The van der Waals surface area contributed by atoms with Gasteiger partial charge in [-0.15, -0.1) is 0 Å². The largest absolute Gasteiger partial charge is 0.416 e. The van der Waals surface area contributed by atoms with Gasteiger partial charge in [0, 0.05) is 5.56 Å². The van der Waals surface area contributed by atoms with Crippen LogP contribution in [0.4, 0.5) is 13.2 Å². The minimum absolute atomic E-state index is 0.115. The summed E-state index contributed by atoms with van der Waals surface area (Å²) < 4.78 is 37.3. The van der Waals surface area contributed by atoms with Crippen molar-refractivity contribution in [3.8, 4) is 0 Å². The van der Waals surface area contributed by atoms with E-state index >= 15 is 0 Å². The average Bonchev–Trinajstić information content (AvgIpc) is 2.90. The number of hydrogen-bond acceptors (Lipinski definition) is 2. The molecule has 1 fully saturated rings. The van der Waals surface area contributed by atoms with Gasteiger partial charge in [0.15, 0.2) is 5.78 Å². The maximum absolute atomic E-state index is 12.4. The Kier molecular flexibility index (Phi) is 3.94. The third-order valence-corrected chi connectivity index (χ3v) is 3.56. The normalized spacial score (nSPS) is 18.5. The van der Waals surface area contributed by atoms with Gasteiger partial charge in [-0.1, -0.05) is 12.1 Å². The SMILES string of the molecule is CC(C(=O)c1ccc(C(F)(F)F)cc1)N1CCCC1. The second kappa shape index (κ2) is 5.33. The fourth-order valence-corrected chi connectivity index (χ4v) is 2.36. The van der Waals surface area contributed by atoms with Crippen molar-refractivity contribution in [2.75, 3.05) is 13.1 Å². The van der Waals surface area contributed by atoms with E-state index in [4.69, 9.17) is 0 Å². The third kappa shape index (κ3) is 3.15. The number of ketones is 1. The van der Waals surface area contributed by atoms with E-state index in [0.29, 0.717) is 5.56 Å². The van der Waals surface area contributed by atoms with Gasteiger partial charge in [-0.2, -0.15) is 13.2 Å². The van der Waals surface area contributed by atoms with Crippen LogP contribution >= 0.6 is 0 Å². The van der Waals surface area contributed by atoms with Crippen molar-refractivity contribution in [3.63, 3.8) is 0 Å². The van der Waals surface area contributed by atoms with Crippen molar-refractivity contribution in [1.82, 2.24) is 4.90 Å². The highest BCUT2D eigenvalue weighted by Gasteiger charge is 2.31. The third-order valence-electron chi connectivity index (χ3n) is 3.56. The number of likely N-dealkylation sites (tertiary alicyclic amines) is 1. The summed E-state index contributed by atoms with van der Waals surface area (Å²) in [5.41, 5.74) is -0.384. The summed E-state index contributed by atoms with van der Waals surface area (Å²) in [4.78, 5) is 14.2. The fourth-order valence-electron chi connectivity index (χ4n) is 2.36. The Labute approximate surface area is 110 Å². The zero-order chi connectivity index (χ0) is 14.0. The van der Waals surface area contributed by atoms with E-state index < -0.39 is 11.7 Å². The summed E-state index contributed by atoms with van der Waals surface area (Å²) >= 11 is 0. The smallest absolute Gasteiger partial charge is 0.294 e. The highest BCUT2D eigenvalue weighted by atomic mass is 19.4. The molecule has 104 valence electrons. The van der Waals surface area contributed by atoms with Crippen molar-refractivity contribution >= 4 is 5.78 Å². The number of halogens is 3. The molecule has 1 aromatic rings. The molecule has 2 nitrogen and oxygen atoms in total. The Morgan fingerprint density at radius 1 is 1.16 bits per heavy atom. The van der Waals surface area contributed by atoms with E-state index in [-0.39, 0.29) is 11.8 Å². The first-order chi connectivity index (χ1) is 8.89. The van der Waals surface area contributed by atoms with Gasteiger partial charge < -0.3 is 0 Å². The molecule has 1 atom stereocenters. The molecule has 1 aromatic carbocycles. The lowest BCUT2D eigenvalue weighted by atomic mass is 10.0. The fraction of sp³-hybridized carbons (Fsp3) is 0.500. The number of Topliss-reactive ketones (excluding diaryl/α,β-unsaturated/α-hetero) is 1. The highest BCUT2D eigenvalue weighted by molar-refractivity contribution is 5.99. The summed E-state index contributed by atoms with van der Waals surface area (Å²) in [5.74, 6) is -0.115. The molecule has 1 aliphatic heterocycles. The number of rotatable bonds is 3. The molecule has 2 rings (SSSR count). The van der Waals surface area contributed by atoms with E-state index in [0.717, 1.165) is 38.1 Å². The van der Waals surface area contributed by atoms with E-state index in [9.17, 15) is 18.0 Å². The summed E-state index contributed by atoms with van der Waals surface area (Å²) in [6.45, 7) is 3.58. The molecule has 0 radical (unpaired) electrons. The van der Waals surface area contributed by atoms with Crippen LogP contribution in [0.15, 0.2) is 24.3 Å². The zero-order valence-corrected chi connectivity index (χ0v) is 10.7. The van der Waals surface area contributed by atoms with Crippen LogP contribution in [0, 0.1) is 0 Å². The molecule has 0 N–H and O–H groups in total. The van der Waals surface area contributed by atoms with Crippen molar-refractivity contribution in [2.24, 2.45) is 0 Å². The van der Waals surface area contributed by atoms with Gasteiger partial charge in [-0.25, -0.2) is 0 Å². The molecular weight excluding hydrogens is 255 g/mol. The van der Waals surface area contributed by atoms with E-state index in [1.54, 1.807) is 0 Å². The molecule has 1 saturated heterocycles. The van der Waals surface area contributed by atoms with Gasteiger partial charge in [0.2, 0.25) is 0 Å². The summed E-state index contributed by atoms with van der Waals surface area (Å²) in [6, 6.07) is 4.18. The minimum atomic E-state index is -4.36. The van der Waals surface area contributed by atoms with Crippen LogP contribution in [0.3, 0.4) is 0 Å². The topological polar surface area (TPSA) is 20.3 Å². The van der Waals surface area contributed by atoms with Crippen molar-refractivity contribution in [3.05, 3.63) is 35.4 Å². The molecule has 5 heteroatoms. The lowest BCUT2D eigenvalue weighted by Gasteiger charge is -2.22. The van der Waals surface area contributed by atoms with Gasteiger partial charge in [0.25, 0.3) is 0 Å². The number of nitrogens with zero attached hydrogens (tertiary/aromatic N) is 1. The lowest BCUT2D eigenvalue weighted by Crippen LogP contribution is -2.36. The number of benzene rings is 1. The predicted octanol–water partition coefficient (Wildman–Crippen LogP) is 3.37. The number of alkyl halides is 3. The van der Waals surface area contributed by atoms with Crippen LogP contribution in [0.5, 0.6) is 0 Å². The van der Waals surface area contributed by atoms with Crippen LogP contribution in [0.25, 0.3) is 0 Å². The van der Waals surface area contributed by atoms with Gasteiger partial charge in [0.05, 0.1) is 11.6 Å². The van der Waals surface area contributed by atoms with Crippen LogP contribution in [0.2, 0.25) is 0 Å². The maximum Gasteiger partial charge on any atom is 0.416 e. The summed E-state index contributed by atoms with van der Waals surface area (Å²) in [6.07, 6.45) is -2.21. The Morgan fingerprint density at radius 3 is 2.16 bits per heavy atom. The zero-order valence-electron chi connectivity index (χ0n) is 10.7. The standard InChI is InChI=1S/C14H16F3NO/c1-10(18-8-2-3-9-18)13(19)11-4-6-12(7-5-11)14(15,16)17/h4-7,10H,2-3,8-9H2,1H3. The van der Waals surface area contributed by atoms with Gasteiger partial charge >= 0.3 is 6.18 Å². The Hall–Kier alpha value is -1.36. The van der Waals surface area contributed by atoms with Crippen LogP contribution in [0.1, 0.15) is 35.7 Å². The van der Waals surface area contributed by atoms with E-state index in [1.807, 2.05) is 6.92 Å². The van der Waals surface area contributed by atoms with Crippen molar-refractivity contribution in [1.29, 1.82) is 0 Å². The van der Waals surface area contributed by atoms with Gasteiger partial charge in [-0.05, 0) is 45.0 Å². The quantitative estimate of drug-likeness (QED) is 0.786. The molecule has 1 aliphatic rings. The second-order valence-electron chi connectivity index (χ2n) is 4.86. The molecule has 0 saturated carbocycles. The number of hydrogen-bond donors (Lipinski definition) is 0. The van der Waals surface area contributed by atoms with Crippen molar-refractivity contribution < 1.29 is 18.0 Å². The first kappa shape index (κ1) is 14.1. The molecule has 1 heterocycles. The van der Waals surface area contributed by atoms with Gasteiger partial charge in [0.1, 0.15) is 0 Å². The first-order valence-electron chi connectivity index (χ1n) is 6.35. The predicted molar refractivity (Wildman–Crippen MR) is 66.0 cm³/mol. The molecular formula is C14H16F3NO. The van der Waals surface area contributed by atoms with E-state index in [1.165, 1.54) is 12.1 Å². The Balaban J connectivity index is 2.11. The molecule has 0 spiro atoms. The molecule has 19 heavy (non-hydrogen) atoms. The molecule has 0 amide bonds. The summed E-state index contributed by atoms with van der Waals surface area (Å²) in [7, 11) is 0. The monoisotopic (exact) mass is 271 g/mol. The molecule has 1 unspecified atom stereocenters. The molecule has 0 bridgehead atoms. The van der Waals surface area contributed by atoms with Gasteiger partial charge in [-0.3, -0.25) is 9.69 Å². The van der Waals surface area contributed by atoms with Crippen molar-refractivity contribution in [2.45, 2.75) is 32.0 Å². The van der Waals surface area contributed by atoms with Crippen LogP contribution in [-0.4, -0.2) is 29.8 Å². The molecule has 0 aliphatic carbocycles. The maximum atomic E-state index is 12.4. The van der Waals surface area contributed by atoms with Crippen LogP contribution in [-0.2, 0) is 6.18 Å². The number of carbonyl (C=O) groups excluding carboxylic acids is 1. The first-order valence-corrected chi connectivity index (χ1v) is 6.35. The Morgan fingerprint density at radius 2 is 1.68 bits per heavy atom. The minimum Gasteiger partial charge on any atom is -0.294 e. The average molecular weight is 271 g/mol.